The van der Waals surface area contributed by atoms with E-state index in [-0.39, 0.29) is 37.0 Å². The van der Waals surface area contributed by atoms with Gasteiger partial charge >= 0.3 is 5.97 Å². The summed E-state index contributed by atoms with van der Waals surface area (Å²) >= 11 is 0. The van der Waals surface area contributed by atoms with Crippen LogP contribution < -0.4 is 0 Å². The summed E-state index contributed by atoms with van der Waals surface area (Å²) in [4.78, 5) is 39.4. The second-order valence-corrected chi connectivity index (χ2v) is 7.14. The maximum absolute atomic E-state index is 12.9. The summed E-state index contributed by atoms with van der Waals surface area (Å²) in [5, 5.41) is 0. The van der Waals surface area contributed by atoms with Gasteiger partial charge in [0.1, 0.15) is 0 Å². The minimum Gasteiger partial charge on any atom is -0.463 e. The second-order valence-electron chi connectivity index (χ2n) is 7.14. The summed E-state index contributed by atoms with van der Waals surface area (Å²) in [7, 11) is 0. The molecule has 3 rings (SSSR count). The lowest BCUT2D eigenvalue weighted by Gasteiger charge is -2.34. The molecule has 2 atom stereocenters. The van der Waals surface area contributed by atoms with Gasteiger partial charge in [0.2, 0.25) is 0 Å². The molecule has 28 heavy (non-hydrogen) atoms. The Hall–Kier alpha value is -2.47. The molecule has 0 unspecified atom stereocenters. The van der Waals surface area contributed by atoms with E-state index in [1.165, 1.54) is 4.90 Å². The molecule has 0 N–H and O–H groups in total. The maximum Gasteiger partial charge on any atom is 0.333 e. The number of imide groups is 1. The number of rotatable bonds is 7. The van der Waals surface area contributed by atoms with E-state index in [0.29, 0.717) is 23.1 Å². The molecule has 2 amide bonds. The molecule has 0 spiro atoms. The number of amides is 2. The lowest BCUT2D eigenvalue weighted by molar-refractivity contribution is -0.139. The average Bonchev–Trinajstić information content (AvgIpc) is 2.97. The van der Waals surface area contributed by atoms with Gasteiger partial charge in [-0.3, -0.25) is 14.5 Å². The van der Waals surface area contributed by atoms with Gasteiger partial charge in [-0.1, -0.05) is 26.0 Å². The van der Waals surface area contributed by atoms with Crippen LogP contribution in [0, 0.1) is 0 Å². The molecule has 150 valence electrons. The fraction of sp³-hybridized carbons (Fsp3) is 0.500. The molecule has 0 bridgehead atoms. The summed E-state index contributed by atoms with van der Waals surface area (Å²) in [5.41, 5.74) is 1.29. The number of carbonyl (C=O) groups is 3. The highest BCUT2D eigenvalue weighted by Gasteiger charge is 2.42. The Labute approximate surface area is 165 Å². The van der Waals surface area contributed by atoms with Crippen LogP contribution in [0.1, 0.15) is 67.2 Å². The van der Waals surface area contributed by atoms with Crippen LogP contribution in [0.4, 0.5) is 0 Å². The van der Waals surface area contributed by atoms with Crippen molar-refractivity contribution in [2.45, 2.75) is 64.7 Å². The molecule has 1 aromatic rings. The highest BCUT2D eigenvalue weighted by molar-refractivity contribution is 6.21. The highest BCUT2D eigenvalue weighted by atomic mass is 16.5. The van der Waals surface area contributed by atoms with Crippen LogP contribution in [0.25, 0.3) is 0 Å². The number of benzene rings is 1. The largest absolute Gasteiger partial charge is 0.463 e. The van der Waals surface area contributed by atoms with Crippen molar-refractivity contribution in [1.29, 1.82) is 0 Å². The molecule has 0 aromatic heterocycles. The fourth-order valence-corrected chi connectivity index (χ4v) is 3.90. The molecule has 0 radical (unpaired) electrons. The molecule has 1 heterocycles. The summed E-state index contributed by atoms with van der Waals surface area (Å²) in [5.74, 6) is -1.03. The van der Waals surface area contributed by atoms with E-state index in [1.807, 2.05) is 0 Å². The van der Waals surface area contributed by atoms with Gasteiger partial charge in [0.15, 0.2) is 0 Å². The van der Waals surface area contributed by atoms with E-state index in [0.717, 1.165) is 12.8 Å². The first kappa shape index (κ1) is 20.3. The van der Waals surface area contributed by atoms with Crippen LogP contribution in [0.2, 0.25) is 0 Å². The quantitative estimate of drug-likeness (QED) is 0.530. The van der Waals surface area contributed by atoms with Crippen LogP contribution in [-0.2, 0) is 14.3 Å². The van der Waals surface area contributed by atoms with Crippen molar-refractivity contribution < 1.29 is 23.9 Å². The van der Waals surface area contributed by atoms with Gasteiger partial charge in [-0.2, -0.15) is 0 Å². The molecule has 0 fully saturated rings. The normalized spacial score (nSPS) is 21.7. The number of esters is 1. The van der Waals surface area contributed by atoms with Gasteiger partial charge in [0.25, 0.3) is 11.8 Å². The second kappa shape index (κ2) is 8.69. The predicted octanol–water partition coefficient (Wildman–Crippen LogP) is 3.51. The molecule has 1 aliphatic heterocycles. The zero-order chi connectivity index (χ0) is 20.3. The summed E-state index contributed by atoms with van der Waals surface area (Å²) in [6, 6.07) is 6.39. The van der Waals surface area contributed by atoms with Gasteiger partial charge in [-0.25, -0.2) is 4.79 Å². The molecule has 6 heteroatoms. The third-order valence-corrected chi connectivity index (χ3v) is 5.35. The van der Waals surface area contributed by atoms with E-state index >= 15 is 0 Å². The minimum absolute atomic E-state index is 0.0608. The molecule has 0 saturated carbocycles. The fourth-order valence-electron chi connectivity index (χ4n) is 3.90. The number of carbonyl (C=O) groups excluding carboxylic acids is 3. The summed E-state index contributed by atoms with van der Waals surface area (Å²) in [6.07, 6.45) is 3.99. The van der Waals surface area contributed by atoms with Crippen molar-refractivity contribution in [2.24, 2.45) is 0 Å². The molecule has 0 saturated heterocycles. The van der Waals surface area contributed by atoms with Crippen LogP contribution in [-0.4, -0.2) is 47.5 Å². The van der Waals surface area contributed by atoms with E-state index in [1.54, 1.807) is 37.3 Å². The first-order chi connectivity index (χ1) is 13.5. The van der Waals surface area contributed by atoms with E-state index in [4.69, 9.17) is 9.47 Å². The van der Waals surface area contributed by atoms with Crippen molar-refractivity contribution >= 4 is 17.8 Å². The van der Waals surface area contributed by atoms with Gasteiger partial charge in [-0.15, -0.1) is 0 Å². The van der Waals surface area contributed by atoms with E-state index in [9.17, 15) is 14.4 Å². The van der Waals surface area contributed by atoms with Crippen LogP contribution in [0.3, 0.4) is 0 Å². The number of nitrogens with zero attached hydrogens (tertiary/aromatic N) is 1. The standard InChI is InChI=1S/C22H27NO5/c1-4-16(5-2)28-17-12-14(22(26)27-6-3)11-15(13-17)23-20(24)18-9-7-8-10-19(18)21(23)25/h7-10,12,15-17H,4-6,11,13H2,1-3H3/t15-,17+/m0/s1. The highest BCUT2D eigenvalue weighted by Crippen LogP contribution is 2.33. The molecule has 6 nitrogen and oxygen atoms in total. The number of ether oxygens (including phenoxy) is 2. The maximum atomic E-state index is 12.9. The van der Waals surface area contributed by atoms with E-state index < -0.39 is 12.0 Å². The van der Waals surface area contributed by atoms with Gasteiger partial charge in [0, 0.05) is 18.0 Å². The molecule has 2 aliphatic rings. The number of fused-ring (bicyclic) bond motifs is 1. The summed E-state index contributed by atoms with van der Waals surface area (Å²) < 4.78 is 11.3. The lowest BCUT2D eigenvalue weighted by Crippen LogP contribution is -2.45. The van der Waals surface area contributed by atoms with Crippen LogP contribution in [0.15, 0.2) is 35.9 Å². The van der Waals surface area contributed by atoms with Crippen LogP contribution in [0.5, 0.6) is 0 Å². The zero-order valence-corrected chi connectivity index (χ0v) is 16.6. The molecular formula is C22H27NO5. The van der Waals surface area contributed by atoms with Crippen molar-refractivity contribution in [3.8, 4) is 0 Å². The number of hydrogen-bond donors (Lipinski definition) is 0. The van der Waals surface area contributed by atoms with Crippen molar-refractivity contribution in [2.75, 3.05) is 6.61 Å². The van der Waals surface area contributed by atoms with Gasteiger partial charge < -0.3 is 9.47 Å². The van der Waals surface area contributed by atoms with Crippen molar-refractivity contribution in [3.63, 3.8) is 0 Å². The Kier molecular flexibility index (Phi) is 6.29. The lowest BCUT2D eigenvalue weighted by atomic mass is 9.91. The third-order valence-electron chi connectivity index (χ3n) is 5.35. The van der Waals surface area contributed by atoms with E-state index in [2.05, 4.69) is 13.8 Å². The Morgan fingerprint density at radius 3 is 2.25 bits per heavy atom. The molecule has 1 aliphatic carbocycles. The average molecular weight is 385 g/mol. The Balaban J connectivity index is 1.87. The minimum atomic E-state index is -0.434. The SMILES string of the molecule is CCOC(=O)C1=C[C@@H](OC(CC)CC)C[C@@H](N2C(=O)c3ccccc3C2=O)C1. The van der Waals surface area contributed by atoms with Gasteiger partial charge in [-0.05, 0) is 44.4 Å². The molecular weight excluding hydrogens is 358 g/mol. The monoisotopic (exact) mass is 385 g/mol. The predicted molar refractivity (Wildman–Crippen MR) is 104 cm³/mol. The van der Waals surface area contributed by atoms with Crippen molar-refractivity contribution in [1.82, 2.24) is 4.90 Å². The Morgan fingerprint density at radius 1 is 1.11 bits per heavy atom. The topological polar surface area (TPSA) is 72.9 Å². The third kappa shape index (κ3) is 3.87. The first-order valence-corrected chi connectivity index (χ1v) is 10.00. The zero-order valence-electron chi connectivity index (χ0n) is 16.6. The summed E-state index contributed by atoms with van der Waals surface area (Å²) in [6.45, 7) is 6.12. The van der Waals surface area contributed by atoms with Gasteiger partial charge in [0.05, 0.1) is 29.9 Å². The number of hydrogen-bond acceptors (Lipinski definition) is 5. The Bertz CT molecular complexity index is 761. The van der Waals surface area contributed by atoms with Crippen molar-refractivity contribution in [3.05, 3.63) is 47.0 Å². The molecule has 1 aromatic carbocycles. The van der Waals surface area contributed by atoms with Crippen LogP contribution >= 0.6 is 0 Å². The smallest absolute Gasteiger partial charge is 0.333 e. The Morgan fingerprint density at radius 2 is 1.71 bits per heavy atom. The first-order valence-electron chi connectivity index (χ1n) is 10.00.